The van der Waals surface area contributed by atoms with Crippen molar-refractivity contribution in [3.8, 4) is 0 Å². The Labute approximate surface area is 153 Å². The van der Waals surface area contributed by atoms with E-state index in [0.717, 1.165) is 42.9 Å². The third-order valence-electron chi connectivity index (χ3n) is 5.06. The van der Waals surface area contributed by atoms with Crippen LogP contribution in [0.15, 0.2) is 11.4 Å². The molecule has 1 spiro atoms. The van der Waals surface area contributed by atoms with Crippen molar-refractivity contribution >= 4 is 23.2 Å². The van der Waals surface area contributed by atoms with E-state index in [1.807, 2.05) is 23.3 Å². The van der Waals surface area contributed by atoms with Crippen molar-refractivity contribution in [1.29, 1.82) is 0 Å². The van der Waals surface area contributed by atoms with E-state index in [1.165, 1.54) is 11.3 Å². The molecular weight excluding hydrogens is 338 g/mol. The summed E-state index contributed by atoms with van der Waals surface area (Å²) in [4.78, 5) is 29.6. The van der Waals surface area contributed by atoms with Crippen molar-refractivity contribution in [3.05, 3.63) is 21.9 Å². The standard InChI is InChI=1S/C18H27N3O3S/c1-14-8-15(25-10-14)17(23)21-5-3-4-18(12-21)11-20(6-7-24-13-18)9-16(22)19-2/h8,10H,3-7,9,11-13H2,1-2H3,(H,19,22). The SMILES string of the molecule is CNC(=O)CN1CCOCC2(CCCN(C(=O)c3cc(C)cs3)C2)C1. The highest BCUT2D eigenvalue weighted by Crippen LogP contribution is 2.34. The number of nitrogens with one attached hydrogen (secondary N) is 1. The summed E-state index contributed by atoms with van der Waals surface area (Å²) in [7, 11) is 1.66. The van der Waals surface area contributed by atoms with E-state index in [-0.39, 0.29) is 17.2 Å². The van der Waals surface area contributed by atoms with Crippen molar-refractivity contribution in [1.82, 2.24) is 15.1 Å². The average Bonchev–Trinajstić information content (AvgIpc) is 2.95. The fourth-order valence-electron chi connectivity index (χ4n) is 3.83. The van der Waals surface area contributed by atoms with Gasteiger partial charge in [-0.15, -0.1) is 11.3 Å². The van der Waals surface area contributed by atoms with Crippen molar-refractivity contribution in [3.63, 3.8) is 0 Å². The Bertz CT molecular complexity index is 633. The summed E-state index contributed by atoms with van der Waals surface area (Å²) in [6, 6.07) is 1.97. The molecule has 138 valence electrons. The van der Waals surface area contributed by atoms with Gasteiger partial charge in [-0.2, -0.15) is 0 Å². The van der Waals surface area contributed by atoms with E-state index < -0.39 is 0 Å². The van der Waals surface area contributed by atoms with Crippen LogP contribution in [0.4, 0.5) is 0 Å². The first-order chi connectivity index (χ1) is 12.0. The van der Waals surface area contributed by atoms with Gasteiger partial charge in [-0.1, -0.05) is 0 Å². The van der Waals surface area contributed by atoms with Crippen molar-refractivity contribution in [2.75, 3.05) is 53.0 Å². The second-order valence-electron chi connectivity index (χ2n) is 7.25. The van der Waals surface area contributed by atoms with Gasteiger partial charge in [-0.25, -0.2) is 0 Å². The first-order valence-corrected chi connectivity index (χ1v) is 9.74. The van der Waals surface area contributed by atoms with Crippen LogP contribution in [0.5, 0.6) is 0 Å². The molecule has 1 aromatic heterocycles. The van der Waals surface area contributed by atoms with Gasteiger partial charge in [0.05, 0.1) is 24.6 Å². The monoisotopic (exact) mass is 365 g/mol. The highest BCUT2D eigenvalue weighted by Gasteiger charge is 2.40. The molecule has 2 amide bonds. The summed E-state index contributed by atoms with van der Waals surface area (Å²) in [5.74, 6) is 0.147. The molecule has 0 aromatic carbocycles. The van der Waals surface area contributed by atoms with Crippen molar-refractivity contribution < 1.29 is 14.3 Å². The van der Waals surface area contributed by atoms with E-state index in [4.69, 9.17) is 4.74 Å². The molecular formula is C18H27N3O3S. The molecule has 2 saturated heterocycles. The number of piperidine rings is 1. The van der Waals surface area contributed by atoms with Gasteiger partial charge < -0.3 is 15.0 Å². The number of amides is 2. The smallest absolute Gasteiger partial charge is 0.263 e. The number of carbonyl (C=O) groups is 2. The van der Waals surface area contributed by atoms with Gasteiger partial charge in [-0.3, -0.25) is 14.5 Å². The molecule has 3 rings (SSSR count). The number of thiophene rings is 1. The predicted molar refractivity (Wildman–Crippen MR) is 98.0 cm³/mol. The molecule has 3 heterocycles. The highest BCUT2D eigenvalue weighted by atomic mass is 32.1. The molecule has 2 fully saturated rings. The summed E-state index contributed by atoms with van der Waals surface area (Å²) in [6.45, 7) is 6.75. The lowest BCUT2D eigenvalue weighted by molar-refractivity contribution is -0.122. The number of nitrogens with zero attached hydrogens (tertiary/aromatic N) is 2. The number of likely N-dealkylation sites (N-methyl/N-ethyl adjacent to an activating group) is 1. The fraction of sp³-hybridized carbons (Fsp3) is 0.667. The Balaban J connectivity index is 1.71. The molecule has 1 N–H and O–H groups in total. The molecule has 0 radical (unpaired) electrons. The Morgan fingerprint density at radius 1 is 1.36 bits per heavy atom. The summed E-state index contributed by atoms with van der Waals surface area (Å²) in [5, 5.41) is 4.71. The van der Waals surface area contributed by atoms with E-state index in [2.05, 4.69) is 10.2 Å². The van der Waals surface area contributed by atoms with E-state index in [1.54, 1.807) is 7.05 Å². The normalized spacial score (nSPS) is 25.0. The number of carbonyl (C=O) groups excluding carboxylic acids is 2. The number of rotatable bonds is 3. The second-order valence-corrected chi connectivity index (χ2v) is 8.17. The third kappa shape index (κ3) is 4.40. The Kier molecular flexibility index (Phi) is 5.76. The largest absolute Gasteiger partial charge is 0.379 e. The average molecular weight is 365 g/mol. The summed E-state index contributed by atoms with van der Waals surface area (Å²) in [6.07, 6.45) is 2.01. The molecule has 7 heteroatoms. The number of hydrogen-bond donors (Lipinski definition) is 1. The van der Waals surface area contributed by atoms with Crippen molar-refractivity contribution in [2.45, 2.75) is 19.8 Å². The molecule has 25 heavy (non-hydrogen) atoms. The first kappa shape index (κ1) is 18.4. The Morgan fingerprint density at radius 2 is 2.20 bits per heavy atom. The van der Waals surface area contributed by atoms with E-state index in [0.29, 0.717) is 26.3 Å². The molecule has 0 saturated carbocycles. The predicted octanol–water partition coefficient (Wildman–Crippen LogP) is 1.36. The van der Waals surface area contributed by atoms with Crippen molar-refractivity contribution in [2.24, 2.45) is 5.41 Å². The molecule has 2 aliphatic heterocycles. The lowest BCUT2D eigenvalue weighted by atomic mass is 9.80. The summed E-state index contributed by atoms with van der Waals surface area (Å²) < 4.78 is 5.86. The molecule has 1 unspecified atom stereocenters. The highest BCUT2D eigenvalue weighted by molar-refractivity contribution is 7.12. The van der Waals surface area contributed by atoms with E-state index in [9.17, 15) is 9.59 Å². The zero-order valence-corrected chi connectivity index (χ0v) is 15.9. The van der Waals surface area contributed by atoms with Gasteiger partial charge in [0.25, 0.3) is 5.91 Å². The minimum absolute atomic E-state index is 0.0230. The van der Waals surface area contributed by atoms with Gasteiger partial charge in [0.2, 0.25) is 5.91 Å². The lowest BCUT2D eigenvalue weighted by Gasteiger charge is -2.43. The number of aryl methyl sites for hydroxylation is 1. The number of ether oxygens (including phenoxy) is 1. The van der Waals surface area contributed by atoms with Crippen LogP contribution in [0.3, 0.4) is 0 Å². The molecule has 6 nitrogen and oxygen atoms in total. The van der Waals surface area contributed by atoms with Gasteiger partial charge in [0.1, 0.15) is 0 Å². The topological polar surface area (TPSA) is 61.9 Å². The Hall–Kier alpha value is -1.44. The van der Waals surface area contributed by atoms with Gasteiger partial charge in [0, 0.05) is 38.6 Å². The summed E-state index contributed by atoms with van der Waals surface area (Å²) in [5.41, 5.74) is 1.06. The van der Waals surface area contributed by atoms with Crippen LogP contribution >= 0.6 is 11.3 Å². The zero-order valence-electron chi connectivity index (χ0n) is 15.0. The quantitative estimate of drug-likeness (QED) is 0.879. The Morgan fingerprint density at radius 3 is 2.92 bits per heavy atom. The third-order valence-corrected chi connectivity index (χ3v) is 6.09. The maximum atomic E-state index is 12.8. The first-order valence-electron chi connectivity index (χ1n) is 8.86. The maximum Gasteiger partial charge on any atom is 0.263 e. The maximum absolute atomic E-state index is 12.8. The number of likely N-dealkylation sites (tertiary alicyclic amines) is 1. The van der Waals surface area contributed by atoms with Crippen LogP contribution in [-0.4, -0.2) is 74.6 Å². The zero-order chi connectivity index (χ0) is 17.9. The molecule has 1 aromatic rings. The molecule has 2 aliphatic rings. The van der Waals surface area contributed by atoms with Crippen LogP contribution in [0.25, 0.3) is 0 Å². The van der Waals surface area contributed by atoms with E-state index >= 15 is 0 Å². The minimum Gasteiger partial charge on any atom is -0.379 e. The molecule has 1 atom stereocenters. The minimum atomic E-state index is -0.0786. The fourth-order valence-corrected chi connectivity index (χ4v) is 4.69. The van der Waals surface area contributed by atoms with Gasteiger partial charge in [-0.05, 0) is 36.8 Å². The van der Waals surface area contributed by atoms with Gasteiger partial charge >= 0.3 is 0 Å². The molecule has 0 bridgehead atoms. The van der Waals surface area contributed by atoms with Crippen LogP contribution in [0.1, 0.15) is 28.1 Å². The van der Waals surface area contributed by atoms with Crippen LogP contribution in [-0.2, 0) is 9.53 Å². The lowest BCUT2D eigenvalue weighted by Crippen LogP contribution is -2.52. The van der Waals surface area contributed by atoms with Gasteiger partial charge in [0.15, 0.2) is 0 Å². The summed E-state index contributed by atoms with van der Waals surface area (Å²) >= 11 is 1.52. The van der Waals surface area contributed by atoms with Crippen LogP contribution in [0.2, 0.25) is 0 Å². The molecule has 0 aliphatic carbocycles. The van der Waals surface area contributed by atoms with Crippen LogP contribution < -0.4 is 5.32 Å². The van der Waals surface area contributed by atoms with Crippen LogP contribution in [0, 0.1) is 12.3 Å². The second kappa shape index (κ2) is 7.85. The number of hydrogen-bond acceptors (Lipinski definition) is 5.